The lowest BCUT2D eigenvalue weighted by Gasteiger charge is -2.22. The number of guanidine groups is 1. The van der Waals surface area contributed by atoms with Gasteiger partial charge in [0.05, 0.1) is 18.2 Å². The lowest BCUT2D eigenvalue weighted by atomic mass is 9.96. The van der Waals surface area contributed by atoms with E-state index < -0.39 is 0 Å². The smallest absolute Gasteiger partial charge is 0.191 e. The summed E-state index contributed by atoms with van der Waals surface area (Å²) in [4.78, 5) is 4.31. The molecule has 2 aliphatic heterocycles. The Kier molecular flexibility index (Phi) is 3.53. The fraction of sp³-hybridized carbons (Fsp3) is 0.588. The molecule has 22 heavy (non-hydrogen) atoms. The average Bonchev–Trinajstić information content (AvgIpc) is 2.96. The number of hydrogen-bond donors (Lipinski definition) is 2. The topological polar surface area (TPSA) is 45.7 Å². The van der Waals surface area contributed by atoms with Gasteiger partial charge >= 0.3 is 0 Å². The van der Waals surface area contributed by atoms with Crippen LogP contribution in [0, 0.1) is 5.82 Å². The Hall–Kier alpha value is -1.62. The van der Waals surface area contributed by atoms with Crippen LogP contribution >= 0.6 is 0 Å². The van der Waals surface area contributed by atoms with Gasteiger partial charge in [0, 0.05) is 19.0 Å². The van der Waals surface area contributed by atoms with E-state index in [2.05, 4.69) is 15.6 Å². The third-order valence-corrected chi connectivity index (χ3v) is 5.07. The molecule has 2 heterocycles. The van der Waals surface area contributed by atoms with Crippen LogP contribution in [0.5, 0.6) is 0 Å². The summed E-state index contributed by atoms with van der Waals surface area (Å²) in [6.45, 7) is 0. The van der Waals surface area contributed by atoms with E-state index in [1.807, 2.05) is 12.1 Å². The van der Waals surface area contributed by atoms with E-state index in [0.717, 1.165) is 30.8 Å². The largest absolute Gasteiger partial charge is 0.373 e. The molecule has 1 saturated carbocycles. The van der Waals surface area contributed by atoms with Gasteiger partial charge in [0.2, 0.25) is 0 Å². The van der Waals surface area contributed by atoms with Crippen molar-refractivity contribution >= 4 is 5.96 Å². The minimum atomic E-state index is -0.110. The van der Waals surface area contributed by atoms with Crippen LogP contribution in [-0.2, 0) is 4.74 Å². The third kappa shape index (κ3) is 2.58. The van der Waals surface area contributed by atoms with Crippen molar-refractivity contribution in [2.45, 2.75) is 55.9 Å². The first-order valence-electron chi connectivity index (χ1n) is 8.14. The molecule has 1 aromatic carbocycles. The first kappa shape index (κ1) is 14.0. The zero-order valence-electron chi connectivity index (χ0n) is 12.8. The summed E-state index contributed by atoms with van der Waals surface area (Å²) in [5, 5.41) is 6.89. The van der Waals surface area contributed by atoms with Crippen molar-refractivity contribution in [3.05, 3.63) is 35.6 Å². The van der Waals surface area contributed by atoms with Gasteiger partial charge in [-0.3, -0.25) is 4.99 Å². The highest BCUT2D eigenvalue weighted by molar-refractivity contribution is 5.81. The summed E-state index contributed by atoms with van der Waals surface area (Å²) in [5.41, 5.74) is 0.804. The van der Waals surface area contributed by atoms with Crippen molar-refractivity contribution in [1.82, 2.24) is 10.6 Å². The summed E-state index contributed by atoms with van der Waals surface area (Å²) < 4.78 is 19.7. The van der Waals surface area contributed by atoms with Crippen molar-refractivity contribution in [2.24, 2.45) is 4.99 Å². The normalized spacial score (nSPS) is 36.5. The second-order valence-electron chi connectivity index (χ2n) is 6.55. The number of rotatable bonds is 3. The maximum atomic E-state index is 13.8. The fourth-order valence-electron chi connectivity index (χ4n) is 3.79. The quantitative estimate of drug-likeness (QED) is 0.664. The molecule has 5 unspecified atom stereocenters. The Bertz CT molecular complexity index is 591. The molecule has 0 spiro atoms. The summed E-state index contributed by atoms with van der Waals surface area (Å²) in [6.07, 6.45) is 5.09. The van der Waals surface area contributed by atoms with E-state index >= 15 is 0 Å². The van der Waals surface area contributed by atoms with Crippen LogP contribution in [0.1, 0.15) is 37.2 Å². The van der Waals surface area contributed by atoms with Gasteiger partial charge in [0.15, 0.2) is 5.96 Å². The molecule has 2 N–H and O–H groups in total. The molecule has 4 nitrogen and oxygen atoms in total. The van der Waals surface area contributed by atoms with E-state index in [4.69, 9.17) is 4.74 Å². The predicted octanol–water partition coefficient (Wildman–Crippen LogP) is 2.17. The zero-order chi connectivity index (χ0) is 15.1. The molecule has 0 amide bonds. The number of nitrogens with zero attached hydrogens (tertiary/aromatic N) is 1. The van der Waals surface area contributed by atoms with Gasteiger partial charge in [-0.05, 0) is 37.3 Å². The molecule has 0 radical (unpaired) electrons. The number of benzene rings is 1. The highest BCUT2D eigenvalue weighted by atomic mass is 19.1. The maximum Gasteiger partial charge on any atom is 0.191 e. The molecule has 1 aromatic rings. The van der Waals surface area contributed by atoms with E-state index in [9.17, 15) is 4.39 Å². The van der Waals surface area contributed by atoms with Gasteiger partial charge in [0.25, 0.3) is 0 Å². The van der Waals surface area contributed by atoms with E-state index in [0.29, 0.717) is 18.2 Å². The van der Waals surface area contributed by atoms with Crippen molar-refractivity contribution in [3.63, 3.8) is 0 Å². The highest BCUT2D eigenvalue weighted by Gasteiger charge is 2.43. The molecule has 1 aliphatic carbocycles. The fourth-order valence-corrected chi connectivity index (χ4v) is 3.79. The molecule has 2 saturated heterocycles. The summed E-state index contributed by atoms with van der Waals surface area (Å²) in [5.74, 6) is 0.947. The minimum absolute atomic E-state index is 0.110. The Labute approximate surface area is 130 Å². The second kappa shape index (κ2) is 5.54. The number of aliphatic imine (C=N–C) groups is 1. The number of halogens is 1. The van der Waals surface area contributed by atoms with Crippen LogP contribution in [0.15, 0.2) is 29.3 Å². The first-order valence-corrected chi connectivity index (χ1v) is 8.14. The van der Waals surface area contributed by atoms with Crippen molar-refractivity contribution in [3.8, 4) is 0 Å². The Balaban J connectivity index is 1.34. The van der Waals surface area contributed by atoms with Crippen molar-refractivity contribution in [2.75, 3.05) is 7.05 Å². The lowest BCUT2D eigenvalue weighted by Crippen LogP contribution is -2.48. The molecule has 118 valence electrons. The molecule has 3 fully saturated rings. The van der Waals surface area contributed by atoms with Crippen LogP contribution in [0.4, 0.5) is 4.39 Å². The maximum absolute atomic E-state index is 13.8. The van der Waals surface area contributed by atoms with Crippen molar-refractivity contribution in [1.29, 1.82) is 0 Å². The number of nitrogens with one attached hydrogen (secondary N) is 2. The van der Waals surface area contributed by atoms with Crippen LogP contribution < -0.4 is 10.6 Å². The van der Waals surface area contributed by atoms with Crippen molar-refractivity contribution < 1.29 is 9.13 Å². The monoisotopic (exact) mass is 303 g/mol. The van der Waals surface area contributed by atoms with Gasteiger partial charge in [-0.2, -0.15) is 0 Å². The lowest BCUT2D eigenvalue weighted by molar-refractivity contribution is 0.0992. The molecule has 3 aliphatic rings. The summed E-state index contributed by atoms with van der Waals surface area (Å²) >= 11 is 0. The van der Waals surface area contributed by atoms with Crippen LogP contribution in [-0.4, -0.2) is 37.3 Å². The second-order valence-corrected chi connectivity index (χ2v) is 6.55. The van der Waals surface area contributed by atoms with E-state index in [-0.39, 0.29) is 17.8 Å². The van der Waals surface area contributed by atoms with E-state index in [1.54, 1.807) is 13.1 Å². The first-order chi connectivity index (χ1) is 10.7. The Morgan fingerprint density at radius 1 is 1.18 bits per heavy atom. The van der Waals surface area contributed by atoms with Gasteiger partial charge < -0.3 is 15.4 Å². The van der Waals surface area contributed by atoms with Crippen LogP contribution in [0.2, 0.25) is 0 Å². The number of ether oxygens (including phenoxy) is 1. The zero-order valence-corrected chi connectivity index (χ0v) is 12.8. The number of fused-ring (bicyclic) bond motifs is 2. The predicted molar refractivity (Wildman–Crippen MR) is 83.5 cm³/mol. The van der Waals surface area contributed by atoms with Gasteiger partial charge in [0.1, 0.15) is 5.82 Å². The molecule has 5 heteroatoms. The van der Waals surface area contributed by atoms with E-state index in [1.165, 1.54) is 12.5 Å². The SMILES string of the molecule is CN=C(NC1CC2CCC1O2)NC1CC1c1ccccc1F. The van der Waals surface area contributed by atoms with Gasteiger partial charge in [-0.1, -0.05) is 18.2 Å². The molecular weight excluding hydrogens is 281 g/mol. The molecule has 4 rings (SSSR count). The average molecular weight is 303 g/mol. The molecule has 0 aromatic heterocycles. The standard InChI is InChI=1S/C17H22FN3O/c1-19-17(21-15-8-10-6-7-16(15)22-10)20-14-9-12(14)11-4-2-3-5-13(11)18/h2-5,10,12,14-16H,6-9H2,1H3,(H2,19,20,21). The summed E-state index contributed by atoms with van der Waals surface area (Å²) in [6, 6.07) is 7.66. The minimum Gasteiger partial charge on any atom is -0.373 e. The van der Waals surface area contributed by atoms with Gasteiger partial charge in [-0.15, -0.1) is 0 Å². The van der Waals surface area contributed by atoms with Gasteiger partial charge in [-0.25, -0.2) is 4.39 Å². The van der Waals surface area contributed by atoms with Crippen LogP contribution in [0.3, 0.4) is 0 Å². The highest BCUT2D eigenvalue weighted by Crippen LogP contribution is 2.42. The summed E-state index contributed by atoms with van der Waals surface area (Å²) in [7, 11) is 1.78. The Morgan fingerprint density at radius 3 is 2.68 bits per heavy atom. The van der Waals surface area contributed by atoms with Crippen LogP contribution in [0.25, 0.3) is 0 Å². The molecular formula is C17H22FN3O. The Morgan fingerprint density at radius 2 is 2.00 bits per heavy atom. The third-order valence-electron chi connectivity index (χ3n) is 5.07. The molecule has 2 bridgehead atoms. The number of hydrogen-bond acceptors (Lipinski definition) is 2. The molecule has 5 atom stereocenters.